The maximum Gasteiger partial charge on any atom is 0.295 e. The van der Waals surface area contributed by atoms with E-state index in [1.807, 2.05) is 4.90 Å². The average Bonchev–Trinajstić information content (AvgIpc) is 3.01. The normalized spacial score (nSPS) is 17.8. The number of rotatable bonds is 7. The Morgan fingerprint density at radius 3 is 2.41 bits per heavy atom. The Hall–Kier alpha value is -3.79. The molecule has 1 fully saturated rings. The molecule has 1 atom stereocenters. The van der Waals surface area contributed by atoms with Gasteiger partial charge in [-0.05, 0) is 50.0 Å². The molecule has 1 unspecified atom stereocenters. The summed E-state index contributed by atoms with van der Waals surface area (Å²) in [6, 6.07) is 8.07. The molecule has 0 aliphatic carbocycles. The third-order valence-corrected chi connectivity index (χ3v) is 5.17. The molecule has 2 aromatic rings. The van der Waals surface area contributed by atoms with Crippen LogP contribution in [0.1, 0.15) is 17.2 Å². The van der Waals surface area contributed by atoms with Crippen molar-refractivity contribution in [1.82, 2.24) is 9.80 Å². The zero-order chi connectivity index (χ0) is 23.6. The van der Waals surface area contributed by atoms with E-state index in [1.165, 1.54) is 48.4 Å². The van der Waals surface area contributed by atoms with Gasteiger partial charge in [-0.3, -0.25) is 19.7 Å². The van der Waals surface area contributed by atoms with Crippen LogP contribution in [0, 0.1) is 15.9 Å². The van der Waals surface area contributed by atoms with Gasteiger partial charge >= 0.3 is 0 Å². The van der Waals surface area contributed by atoms with Crippen molar-refractivity contribution >= 4 is 23.1 Å². The highest BCUT2D eigenvalue weighted by atomic mass is 19.1. The van der Waals surface area contributed by atoms with Crippen molar-refractivity contribution in [2.75, 3.05) is 34.3 Å². The van der Waals surface area contributed by atoms with Crippen LogP contribution in [0.2, 0.25) is 0 Å². The topological polar surface area (TPSA) is 113 Å². The molecular formula is C22H22FN3O6. The molecule has 3 rings (SSSR count). The van der Waals surface area contributed by atoms with Gasteiger partial charge in [-0.1, -0.05) is 0 Å². The summed E-state index contributed by atoms with van der Waals surface area (Å²) >= 11 is 0. The van der Waals surface area contributed by atoms with Crippen LogP contribution < -0.4 is 4.74 Å². The van der Waals surface area contributed by atoms with Gasteiger partial charge in [0.1, 0.15) is 5.76 Å². The number of hydrogen-bond donors (Lipinski definition) is 1. The van der Waals surface area contributed by atoms with E-state index in [1.54, 1.807) is 14.1 Å². The molecule has 10 heteroatoms. The van der Waals surface area contributed by atoms with Crippen LogP contribution in [-0.4, -0.2) is 65.8 Å². The number of nitrogens with zero attached hydrogens (tertiary/aromatic N) is 3. The number of benzene rings is 2. The minimum absolute atomic E-state index is 0.000760. The first kappa shape index (κ1) is 22.9. The fourth-order valence-corrected chi connectivity index (χ4v) is 3.51. The van der Waals surface area contributed by atoms with Gasteiger partial charge in [0.15, 0.2) is 11.6 Å². The third-order valence-electron chi connectivity index (χ3n) is 5.17. The van der Waals surface area contributed by atoms with Crippen molar-refractivity contribution in [3.8, 4) is 5.75 Å². The molecule has 1 N–H and O–H groups in total. The first-order valence-electron chi connectivity index (χ1n) is 9.67. The van der Waals surface area contributed by atoms with E-state index in [2.05, 4.69) is 0 Å². The summed E-state index contributed by atoms with van der Waals surface area (Å²) in [4.78, 5) is 39.3. The van der Waals surface area contributed by atoms with Gasteiger partial charge in [0.05, 0.1) is 23.6 Å². The second-order valence-electron chi connectivity index (χ2n) is 7.49. The molecule has 168 valence electrons. The number of halogens is 1. The molecule has 0 saturated carbocycles. The van der Waals surface area contributed by atoms with E-state index in [4.69, 9.17) is 4.74 Å². The molecule has 2 aromatic carbocycles. The summed E-state index contributed by atoms with van der Waals surface area (Å²) in [6.45, 7) is 0.612. The second kappa shape index (κ2) is 9.15. The summed E-state index contributed by atoms with van der Waals surface area (Å²) < 4.78 is 19.1. The van der Waals surface area contributed by atoms with E-state index >= 15 is 0 Å². The molecular weight excluding hydrogens is 421 g/mol. The number of methoxy groups -OCH3 is 1. The standard InChI is InChI=1S/C22H22FN3O6/c1-24(2)10-11-25-19(13-4-7-15(8-5-13)26(30)31)18(21(28)22(25)29)20(27)14-6-9-17(32-3)16(23)12-14/h4-9,12,19,27H,10-11H2,1-3H3/b20-18+. The zero-order valence-corrected chi connectivity index (χ0v) is 17.7. The lowest BCUT2D eigenvalue weighted by Crippen LogP contribution is -2.35. The molecule has 1 aliphatic rings. The number of non-ortho nitro benzene ring substituents is 1. The van der Waals surface area contributed by atoms with E-state index in [-0.39, 0.29) is 29.1 Å². The van der Waals surface area contributed by atoms with Crippen LogP contribution in [0.5, 0.6) is 5.75 Å². The maximum absolute atomic E-state index is 14.2. The minimum atomic E-state index is -0.985. The van der Waals surface area contributed by atoms with Crippen molar-refractivity contribution in [3.63, 3.8) is 0 Å². The van der Waals surface area contributed by atoms with Gasteiger partial charge < -0.3 is 19.6 Å². The lowest BCUT2D eigenvalue weighted by molar-refractivity contribution is -0.384. The number of aliphatic hydroxyl groups excluding tert-OH is 1. The lowest BCUT2D eigenvalue weighted by Gasteiger charge is -2.26. The first-order chi connectivity index (χ1) is 15.1. The van der Waals surface area contributed by atoms with E-state index in [0.717, 1.165) is 6.07 Å². The van der Waals surface area contributed by atoms with Gasteiger partial charge in [0.25, 0.3) is 17.4 Å². The highest BCUT2D eigenvalue weighted by molar-refractivity contribution is 6.46. The number of likely N-dealkylation sites (N-methyl/N-ethyl adjacent to an activating group) is 1. The predicted octanol–water partition coefficient (Wildman–Crippen LogP) is 2.73. The maximum atomic E-state index is 14.2. The Bertz CT molecular complexity index is 1100. The SMILES string of the molecule is COc1ccc(/C(O)=C2\C(=O)C(=O)N(CCN(C)C)C2c2ccc([N+](=O)[O-])cc2)cc1F. The van der Waals surface area contributed by atoms with Crippen LogP contribution in [0.4, 0.5) is 10.1 Å². The molecule has 9 nitrogen and oxygen atoms in total. The number of carbonyl (C=O) groups is 2. The number of carbonyl (C=O) groups excluding carboxylic acids is 2. The zero-order valence-electron chi connectivity index (χ0n) is 17.7. The average molecular weight is 443 g/mol. The molecule has 0 aromatic heterocycles. The number of nitro groups is 1. The number of nitro benzene ring substituents is 1. The fraction of sp³-hybridized carbons (Fsp3) is 0.273. The highest BCUT2D eigenvalue weighted by Gasteiger charge is 2.46. The Kier molecular flexibility index (Phi) is 6.54. The summed E-state index contributed by atoms with van der Waals surface area (Å²) in [5.74, 6) is -3.06. The predicted molar refractivity (Wildman–Crippen MR) is 114 cm³/mol. The van der Waals surface area contributed by atoms with Crippen molar-refractivity contribution in [3.05, 3.63) is 75.1 Å². The van der Waals surface area contributed by atoms with Crippen LogP contribution >= 0.6 is 0 Å². The summed E-state index contributed by atoms with van der Waals surface area (Å²) in [6.07, 6.45) is 0. The summed E-state index contributed by atoms with van der Waals surface area (Å²) in [5.41, 5.74) is 0.0355. The number of ketones is 1. The van der Waals surface area contributed by atoms with Crippen molar-refractivity contribution in [2.24, 2.45) is 0 Å². The minimum Gasteiger partial charge on any atom is -0.507 e. The number of amides is 1. The fourth-order valence-electron chi connectivity index (χ4n) is 3.51. The van der Waals surface area contributed by atoms with E-state index in [9.17, 15) is 29.2 Å². The molecule has 0 bridgehead atoms. The summed E-state index contributed by atoms with van der Waals surface area (Å²) in [7, 11) is 4.90. The monoisotopic (exact) mass is 443 g/mol. The van der Waals surface area contributed by atoms with Gasteiger partial charge in [0.2, 0.25) is 0 Å². The molecule has 1 amide bonds. The Labute approximate surface area is 183 Å². The quantitative estimate of drug-likeness (QED) is 0.230. The van der Waals surface area contributed by atoms with Crippen LogP contribution in [0.25, 0.3) is 5.76 Å². The molecule has 1 saturated heterocycles. The van der Waals surface area contributed by atoms with Crippen molar-refractivity contribution in [2.45, 2.75) is 6.04 Å². The van der Waals surface area contributed by atoms with Crippen LogP contribution in [-0.2, 0) is 9.59 Å². The Balaban J connectivity index is 2.15. The molecule has 0 spiro atoms. The van der Waals surface area contributed by atoms with Gasteiger partial charge in [0, 0.05) is 30.8 Å². The van der Waals surface area contributed by atoms with Gasteiger partial charge in [-0.25, -0.2) is 4.39 Å². The van der Waals surface area contributed by atoms with E-state index < -0.39 is 34.2 Å². The number of likely N-dealkylation sites (tertiary alicyclic amines) is 1. The molecule has 1 heterocycles. The highest BCUT2D eigenvalue weighted by Crippen LogP contribution is 2.40. The smallest absolute Gasteiger partial charge is 0.295 e. The molecule has 1 aliphatic heterocycles. The second-order valence-corrected chi connectivity index (χ2v) is 7.49. The number of Topliss-reactive ketones (excluding diaryl/α,β-unsaturated/α-hetero) is 1. The number of hydrogen-bond acceptors (Lipinski definition) is 7. The largest absolute Gasteiger partial charge is 0.507 e. The van der Waals surface area contributed by atoms with Crippen LogP contribution in [0.3, 0.4) is 0 Å². The Morgan fingerprint density at radius 1 is 1.22 bits per heavy atom. The first-order valence-corrected chi connectivity index (χ1v) is 9.67. The number of aliphatic hydroxyl groups is 1. The summed E-state index contributed by atoms with van der Waals surface area (Å²) in [5, 5.41) is 21.9. The van der Waals surface area contributed by atoms with Gasteiger partial charge in [-0.15, -0.1) is 0 Å². The molecule has 0 radical (unpaired) electrons. The third kappa shape index (κ3) is 4.30. The Morgan fingerprint density at radius 2 is 1.88 bits per heavy atom. The lowest BCUT2D eigenvalue weighted by atomic mass is 9.95. The number of ether oxygens (including phenoxy) is 1. The van der Waals surface area contributed by atoms with Crippen LogP contribution in [0.15, 0.2) is 48.0 Å². The van der Waals surface area contributed by atoms with Crippen molar-refractivity contribution in [1.29, 1.82) is 0 Å². The molecule has 32 heavy (non-hydrogen) atoms. The van der Waals surface area contributed by atoms with Gasteiger partial charge in [-0.2, -0.15) is 0 Å². The van der Waals surface area contributed by atoms with E-state index in [0.29, 0.717) is 12.1 Å². The van der Waals surface area contributed by atoms with Crippen molar-refractivity contribution < 1.29 is 28.7 Å².